The van der Waals surface area contributed by atoms with Crippen molar-refractivity contribution in [1.29, 1.82) is 0 Å². The smallest absolute Gasteiger partial charge is 0.240 e. The first-order chi connectivity index (χ1) is 20.6. The van der Waals surface area contributed by atoms with Gasteiger partial charge in [0, 0.05) is 22.9 Å². The third-order valence-electron chi connectivity index (χ3n) is 7.63. The van der Waals surface area contributed by atoms with Gasteiger partial charge in [0.25, 0.3) is 0 Å². The number of hydrogen-bond acceptors (Lipinski definition) is 5. The lowest BCUT2D eigenvalue weighted by atomic mass is 9.94. The number of aromatic nitrogens is 5. The van der Waals surface area contributed by atoms with Crippen molar-refractivity contribution in [2.75, 3.05) is 5.73 Å². The number of carbonyl (C=O) groups excluding carboxylic acids is 1. The van der Waals surface area contributed by atoms with Gasteiger partial charge in [-0.2, -0.15) is 5.10 Å². The molecule has 0 saturated heterocycles. The van der Waals surface area contributed by atoms with Gasteiger partial charge in [0.15, 0.2) is 5.82 Å². The molecule has 1 atom stereocenters. The number of nitrogens with two attached hydrogens (primary N) is 1. The summed E-state index contributed by atoms with van der Waals surface area (Å²) < 4.78 is 30.3. The highest BCUT2D eigenvalue weighted by atomic mass is 35.5. The van der Waals surface area contributed by atoms with E-state index in [-0.39, 0.29) is 24.7 Å². The number of aromatic amines is 1. The Kier molecular flexibility index (Phi) is 7.31. The standard InChI is InChI=1S/C32H28ClF2N7O/c1-16-8-25-27(9-17(16)2)42(15-37-25)14-28(43)39-26(12-19-10-20(34)13-21(35)11-19)30-22(5-4-18(3)38-30)23-6-7-24(33)29-31(23)40-41-32(29)36/h4-11,13,15,26H,12,14H2,1-3H3,(H,39,43)(H3,36,40,41)/t26-/m0/s1. The van der Waals surface area contributed by atoms with E-state index in [0.717, 1.165) is 28.2 Å². The largest absolute Gasteiger partial charge is 0.382 e. The van der Waals surface area contributed by atoms with E-state index in [4.69, 9.17) is 22.3 Å². The number of anilines is 1. The molecule has 0 aliphatic heterocycles. The fraction of sp³-hybridized carbons (Fsp3) is 0.188. The topological polar surface area (TPSA) is 115 Å². The SMILES string of the molecule is Cc1ccc(-c2ccc(Cl)c3c(N)n[nH]c23)c([C@H](Cc2cc(F)cc(F)c2)NC(=O)Cn2cnc3cc(C)c(C)cc32)n1. The predicted octanol–water partition coefficient (Wildman–Crippen LogP) is 6.51. The third kappa shape index (κ3) is 5.53. The molecular weight excluding hydrogens is 572 g/mol. The Morgan fingerprint density at radius 3 is 2.51 bits per heavy atom. The molecule has 8 nitrogen and oxygen atoms in total. The van der Waals surface area contributed by atoms with Gasteiger partial charge in [-0.05, 0) is 80.3 Å². The number of nitrogen functional groups attached to an aromatic ring is 1. The summed E-state index contributed by atoms with van der Waals surface area (Å²) >= 11 is 6.43. The van der Waals surface area contributed by atoms with Crippen LogP contribution in [0.5, 0.6) is 0 Å². The molecule has 0 spiro atoms. The van der Waals surface area contributed by atoms with Gasteiger partial charge < -0.3 is 15.6 Å². The molecule has 1 amide bonds. The van der Waals surface area contributed by atoms with Crippen LogP contribution in [0.3, 0.4) is 0 Å². The van der Waals surface area contributed by atoms with Crippen LogP contribution in [-0.2, 0) is 17.8 Å². The van der Waals surface area contributed by atoms with E-state index in [1.165, 1.54) is 12.1 Å². The van der Waals surface area contributed by atoms with Crippen LogP contribution in [0.25, 0.3) is 33.1 Å². The first kappa shape index (κ1) is 28.3. The molecule has 6 rings (SSSR count). The summed E-state index contributed by atoms with van der Waals surface area (Å²) in [5.41, 5.74) is 13.5. The summed E-state index contributed by atoms with van der Waals surface area (Å²) in [4.78, 5) is 22.9. The minimum Gasteiger partial charge on any atom is -0.382 e. The molecule has 0 saturated carbocycles. The summed E-state index contributed by atoms with van der Waals surface area (Å²) in [5, 5.41) is 11.2. The van der Waals surface area contributed by atoms with Crippen molar-refractivity contribution in [3.63, 3.8) is 0 Å². The van der Waals surface area contributed by atoms with Gasteiger partial charge in [-0.15, -0.1) is 0 Å². The number of nitrogens with zero attached hydrogens (tertiary/aromatic N) is 4. The van der Waals surface area contributed by atoms with Crippen LogP contribution in [0.15, 0.2) is 60.9 Å². The van der Waals surface area contributed by atoms with Crippen LogP contribution >= 0.6 is 11.6 Å². The number of fused-ring (bicyclic) bond motifs is 2. The van der Waals surface area contributed by atoms with Gasteiger partial charge in [0.2, 0.25) is 5.91 Å². The number of aryl methyl sites for hydroxylation is 3. The van der Waals surface area contributed by atoms with E-state index in [1.807, 2.05) is 51.1 Å². The molecule has 6 aromatic rings. The lowest BCUT2D eigenvalue weighted by Gasteiger charge is -2.23. The van der Waals surface area contributed by atoms with Gasteiger partial charge in [0.05, 0.1) is 45.0 Å². The average Bonchev–Trinajstić information content (AvgIpc) is 3.52. The number of H-pyrrole nitrogens is 1. The van der Waals surface area contributed by atoms with Crippen LogP contribution in [-0.4, -0.2) is 30.6 Å². The molecule has 0 aliphatic rings. The molecule has 3 aromatic carbocycles. The maximum absolute atomic E-state index is 14.2. The number of amides is 1. The van der Waals surface area contributed by atoms with Gasteiger partial charge in [-0.3, -0.25) is 14.9 Å². The van der Waals surface area contributed by atoms with E-state index in [2.05, 4.69) is 20.5 Å². The number of pyridine rings is 1. The number of rotatable bonds is 7. The quantitative estimate of drug-likeness (QED) is 0.193. The van der Waals surface area contributed by atoms with Crippen LogP contribution in [0, 0.1) is 32.4 Å². The van der Waals surface area contributed by atoms with Crippen molar-refractivity contribution in [3.8, 4) is 11.1 Å². The van der Waals surface area contributed by atoms with Crippen molar-refractivity contribution < 1.29 is 13.6 Å². The van der Waals surface area contributed by atoms with Gasteiger partial charge in [-0.25, -0.2) is 13.8 Å². The third-order valence-corrected chi connectivity index (χ3v) is 7.95. The number of imidazole rings is 1. The lowest BCUT2D eigenvalue weighted by Crippen LogP contribution is -2.33. The molecule has 3 heterocycles. The van der Waals surface area contributed by atoms with Crippen molar-refractivity contribution >= 4 is 45.3 Å². The number of halogens is 3. The van der Waals surface area contributed by atoms with E-state index < -0.39 is 17.7 Å². The molecule has 0 bridgehead atoms. The first-order valence-corrected chi connectivity index (χ1v) is 14.0. The van der Waals surface area contributed by atoms with Crippen LogP contribution in [0.4, 0.5) is 14.6 Å². The highest BCUT2D eigenvalue weighted by molar-refractivity contribution is 6.37. The molecule has 0 aliphatic carbocycles. The van der Waals surface area contributed by atoms with Crippen molar-refractivity contribution in [2.45, 2.75) is 39.8 Å². The molecule has 11 heteroatoms. The highest BCUT2D eigenvalue weighted by Crippen LogP contribution is 2.38. The van der Waals surface area contributed by atoms with E-state index in [0.29, 0.717) is 44.0 Å². The fourth-order valence-corrected chi connectivity index (χ4v) is 5.68. The summed E-state index contributed by atoms with van der Waals surface area (Å²) in [6, 6.07) is 13.8. The van der Waals surface area contributed by atoms with Crippen LogP contribution in [0.1, 0.15) is 34.1 Å². The Hall–Kier alpha value is -4.83. The summed E-state index contributed by atoms with van der Waals surface area (Å²) in [7, 11) is 0. The zero-order chi connectivity index (χ0) is 30.4. The van der Waals surface area contributed by atoms with Gasteiger partial charge >= 0.3 is 0 Å². The van der Waals surface area contributed by atoms with Gasteiger partial charge in [-0.1, -0.05) is 23.7 Å². The minimum atomic E-state index is -0.756. The Balaban J connectivity index is 1.43. The predicted molar refractivity (Wildman–Crippen MR) is 164 cm³/mol. The monoisotopic (exact) mass is 599 g/mol. The second-order valence-corrected chi connectivity index (χ2v) is 11.1. The Morgan fingerprint density at radius 2 is 1.74 bits per heavy atom. The number of carbonyl (C=O) groups is 1. The van der Waals surface area contributed by atoms with Gasteiger partial charge in [0.1, 0.15) is 18.2 Å². The molecule has 0 fully saturated rings. The average molecular weight is 600 g/mol. The number of nitrogens with one attached hydrogen (secondary N) is 2. The summed E-state index contributed by atoms with van der Waals surface area (Å²) in [6.07, 6.45) is 1.71. The van der Waals surface area contributed by atoms with E-state index in [9.17, 15) is 13.6 Å². The molecule has 0 unspecified atom stereocenters. The maximum Gasteiger partial charge on any atom is 0.240 e. The molecule has 4 N–H and O–H groups in total. The molecule has 218 valence electrons. The van der Waals surface area contributed by atoms with Crippen molar-refractivity contribution in [2.24, 2.45) is 0 Å². The Bertz CT molecular complexity index is 2010. The second kappa shape index (κ2) is 11.1. The molecule has 3 aromatic heterocycles. The molecule has 43 heavy (non-hydrogen) atoms. The zero-order valence-electron chi connectivity index (χ0n) is 23.7. The van der Waals surface area contributed by atoms with E-state index >= 15 is 0 Å². The first-order valence-electron chi connectivity index (χ1n) is 13.6. The maximum atomic E-state index is 14.2. The normalized spacial score (nSPS) is 12.2. The molecule has 0 radical (unpaired) electrons. The summed E-state index contributed by atoms with van der Waals surface area (Å²) in [6.45, 7) is 5.84. The minimum absolute atomic E-state index is 0.0174. The van der Waals surface area contributed by atoms with Crippen LogP contribution < -0.4 is 11.1 Å². The Morgan fingerprint density at radius 1 is 1.02 bits per heavy atom. The fourth-order valence-electron chi connectivity index (χ4n) is 5.42. The number of benzene rings is 3. The highest BCUT2D eigenvalue weighted by Gasteiger charge is 2.24. The van der Waals surface area contributed by atoms with Crippen molar-refractivity contribution in [1.82, 2.24) is 30.0 Å². The zero-order valence-corrected chi connectivity index (χ0v) is 24.4. The number of hydrogen-bond donors (Lipinski definition) is 3. The van der Waals surface area contributed by atoms with Crippen LogP contribution in [0.2, 0.25) is 5.02 Å². The van der Waals surface area contributed by atoms with E-state index in [1.54, 1.807) is 17.0 Å². The Labute approximate surface area is 250 Å². The second-order valence-electron chi connectivity index (χ2n) is 10.7. The lowest BCUT2D eigenvalue weighted by molar-refractivity contribution is -0.122. The molecular formula is C32H28ClF2N7O. The van der Waals surface area contributed by atoms with Crippen molar-refractivity contribution in [3.05, 3.63) is 106 Å². The summed E-state index contributed by atoms with van der Waals surface area (Å²) in [5.74, 6) is -1.48.